The molecular formula is C22H24N2O2. The minimum Gasteiger partial charge on any atom is -0.468 e. The summed E-state index contributed by atoms with van der Waals surface area (Å²) in [4.78, 5) is 18.4. The molecule has 0 fully saturated rings. The van der Waals surface area contributed by atoms with E-state index in [0.717, 1.165) is 18.5 Å². The second-order valence-electron chi connectivity index (χ2n) is 6.96. The van der Waals surface area contributed by atoms with Gasteiger partial charge < -0.3 is 9.72 Å². The van der Waals surface area contributed by atoms with Gasteiger partial charge in [-0.05, 0) is 30.5 Å². The largest absolute Gasteiger partial charge is 0.468 e. The highest BCUT2D eigenvalue weighted by Gasteiger charge is 2.38. The van der Waals surface area contributed by atoms with Gasteiger partial charge in [0.25, 0.3) is 0 Å². The topological polar surface area (TPSA) is 45.3 Å². The minimum atomic E-state index is -0.245. The standard InChI is InChI=1S/C22H24N2O2/c1-15-21-18(17-10-6-7-11-19(17)23-21)14-20(22(25)26-2)24(15)13-12-16-8-4-3-5-9-16/h3-11,15,20,23H,12-14H2,1-2H3/t15?,20-/m0/s1. The Bertz CT molecular complexity index is 916. The van der Waals surface area contributed by atoms with E-state index in [-0.39, 0.29) is 18.1 Å². The summed E-state index contributed by atoms with van der Waals surface area (Å²) in [6, 6.07) is 18.6. The first kappa shape index (κ1) is 16.9. The average molecular weight is 348 g/mol. The van der Waals surface area contributed by atoms with E-state index in [1.165, 1.54) is 29.3 Å². The Morgan fingerprint density at radius 2 is 1.88 bits per heavy atom. The number of fused-ring (bicyclic) bond motifs is 3. The zero-order valence-corrected chi connectivity index (χ0v) is 15.2. The van der Waals surface area contributed by atoms with Crippen LogP contribution < -0.4 is 0 Å². The van der Waals surface area contributed by atoms with E-state index < -0.39 is 0 Å². The maximum Gasteiger partial charge on any atom is 0.323 e. The minimum absolute atomic E-state index is 0.138. The molecule has 2 aromatic carbocycles. The summed E-state index contributed by atoms with van der Waals surface area (Å²) in [5.74, 6) is -0.152. The Labute approximate surface area is 153 Å². The lowest BCUT2D eigenvalue weighted by Gasteiger charge is -2.39. The van der Waals surface area contributed by atoms with Crippen molar-refractivity contribution in [3.05, 3.63) is 71.4 Å². The zero-order chi connectivity index (χ0) is 18.1. The SMILES string of the molecule is COC(=O)[C@@H]1Cc2c([nH]c3ccccc23)C(C)N1CCc1ccccc1. The summed E-state index contributed by atoms with van der Waals surface area (Å²) in [6.45, 7) is 2.99. The van der Waals surface area contributed by atoms with Gasteiger partial charge in [0.15, 0.2) is 0 Å². The molecule has 26 heavy (non-hydrogen) atoms. The number of aromatic nitrogens is 1. The zero-order valence-electron chi connectivity index (χ0n) is 15.2. The summed E-state index contributed by atoms with van der Waals surface area (Å²) in [5, 5.41) is 1.21. The molecule has 4 heteroatoms. The van der Waals surface area contributed by atoms with E-state index in [0.29, 0.717) is 6.42 Å². The van der Waals surface area contributed by atoms with Crippen LogP contribution in [0.1, 0.15) is 29.8 Å². The number of para-hydroxylation sites is 1. The summed E-state index contributed by atoms with van der Waals surface area (Å²) >= 11 is 0. The van der Waals surface area contributed by atoms with Crippen LogP contribution in [0.2, 0.25) is 0 Å². The maximum absolute atomic E-state index is 12.5. The number of rotatable bonds is 4. The van der Waals surface area contributed by atoms with Gasteiger partial charge in [-0.1, -0.05) is 48.5 Å². The van der Waals surface area contributed by atoms with Crippen molar-refractivity contribution in [3.63, 3.8) is 0 Å². The van der Waals surface area contributed by atoms with Gasteiger partial charge in [-0.2, -0.15) is 0 Å². The van der Waals surface area contributed by atoms with E-state index in [1.807, 2.05) is 12.1 Å². The molecule has 0 bridgehead atoms. The van der Waals surface area contributed by atoms with Crippen molar-refractivity contribution in [2.75, 3.05) is 13.7 Å². The molecule has 0 radical (unpaired) electrons. The van der Waals surface area contributed by atoms with Gasteiger partial charge >= 0.3 is 5.97 Å². The Hall–Kier alpha value is -2.59. The Morgan fingerprint density at radius 1 is 1.15 bits per heavy atom. The molecule has 4 nitrogen and oxygen atoms in total. The fraction of sp³-hybridized carbons (Fsp3) is 0.318. The highest BCUT2D eigenvalue weighted by atomic mass is 16.5. The second kappa shape index (κ2) is 6.96. The summed E-state index contributed by atoms with van der Waals surface area (Å²) in [6.07, 6.45) is 1.60. The first-order chi connectivity index (χ1) is 12.7. The van der Waals surface area contributed by atoms with Crippen LogP contribution in [0.4, 0.5) is 0 Å². The Morgan fingerprint density at radius 3 is 2.65 bits per heavy atom. The third-order valence-electron chi connectivity index (χ3n) is 5.53. The normalized spacial score (nSPS) is 20.1. The molecule has 1 N–H and O–H groups in total. The fourth-order valence-electron chi connectivity index (χ4n) is 4.15. The molecule has 2 heterocycles. The van der Waals surface area contributed by atoms with Crippen LogP contribution in [0.15, 0.2) is 54.6 Å². The average Bonchev–Trinajstić information content (AvgIpc) is 3.06. The van der Waals surface area contributed by atoms with Crippen molar-refractivity contribution in [1.29, 1.82) is 0 Å². The number of aromatic amines is 1. The number of hydrogen-bond acceptors (Lipinski definition) is 3. The summed E-state index contributed by atoms with van der Waals surface area (Å²) in [7, 11) is 1.48. The predicted molar refractivity (Wildman–Crippen MR) is 103 cm³/mol. The van der Waals surface area contributed by atoms with E-state index in [4.69, 9.17) is 4.74 Å². The van der Waals surface area contributed by atoms with Crippen LogP contribution >= 0.6 is 0 Å². The lowest BCUT2D eigenvalue weighted by atomic mass is 9.91. The number of esters is 1. The van der Waals surface area contributed by atoms with Crippen molar-refractivity contribution < 1.29 is 9.53 Å². The Kier molecular flexibility index (Phi) is 4.51. The number of nitrogens with one attached hydrogen (secondary N) is 1. The van der Waals surface area contributed by atoms with Gasteiger partial charge in [-0.25, -0.2) is 0 Å². The molecule has 134 valence electrons. The number of H-pyrrole nitrogens is 1. The van der Waals surface area contributed by atoms with Crippen LogP contribution in [0.5, 0.6) is 0 Å². The highest BCUT2D eigenvalue weighted by molar-refractivity contribution is 5.87. The first-order valence-electron chi connectivity index (χ1n) is 9.16. The molecule has 2 atom stereocenters. The van der Waals surface area contributed by atoms with E-state index in [1.54, 1.807) is 0 Å². The quantitative estimate of drug-likeness (QED) is 0.728. The number of nitrogens with zero attached hydrogens (tertiary/aromatic N) is 1. The third kappa shape index (κ3) is 2.90. The van der Waals surface area contributed by atoms with Crippen molar-refractivity contribution in [2.24, 2.45) is 0 Å². The number of carbonyl (C=O) groups excluding carboxylic acids is 1. The van der Waals surface area contributed by atoms with E-state index >= 15 is 0 Å². The van der Waals surface area contributed by atoms with Gasteiger partial charge in [0.2, 0.25) is 0 Å². The van der Waals surface area contributed by atoms with Crippen LogP contribution in [0.3, 0.4) is 0 Å². The molecule has 0 saturated carbocycles. The number of benzene rings is 2. The molecule has 3 aromatic rings. The highest BCUT2D eigenvalue weighted by Crippen LogP contribution is 2.37. The molecular weight excluding hydrogens is 324 g/mol. The Balaban J connectivity index is 1.68. The van der Waals surface area contributed by atoms with Crippen LogP contribution in [-0.4, -0.2) is 35.5 Å². The predicted octanol–water partition coefficient (Wildman–Crippen LogP) is 3.87. The van der Waals surface area contributed by atoms with E-state index in [2.05, 4.69) is 59.3 Å². The molecule has 4 rings (SSSR count). The molecule has 0 spiro atoms. The molecule has 0 saturated heterocycles. The number of carbonyl (C=O) groups is 1. The molecule has 1 aromatic heterocycles. The van der Waals surface area contributed by atoms with Gasteiger partial charge in [0.05, 0.1) is 7.11 Å². The lowest BCUT2D eigenvalue weighted by Crippen LogP contribution is -2.48. The fourth-order valence-corrected chi connectivity index (χ4v) is 4.15. The lowest BCUT2D eigenvalue weighted by molar-refractivity contribution is -0.148. The van der Waals surface area contributed by atoms with Crippen LogP contribution in [-0.2, 0) is 22.4 Å². The van der Waals surface area contributed by atoms with Gasteiger partial charge in [-0.3, -0.25) is 9.69 Å². The molecule has 0 amide bonds. The molecule has 1 aliphatic rings. The monoisotopic (exact) mass is 348 g/mol. The van der Waals surface area contributed by atoms with Gasteiger partial charge in [0.1, 0.15) is 6.04 Å². The number of methoxy groups -OCH3 is 1. The van der Waals surface area contributed by atoms with Crippen molar-refractivity contribution >= 4 is 16.9 Å². The van der Waals surface area contributed by atoms with Crippen molar-refractivity contribution in [3.8, 4) is 0 Å². The molecule has 1 unspecified atom stereocenters. The first-order valence-corrected chi connectivity index (χ1v) is 9.16. The second-order valence-corrected chi connectivity index (χ2v) is 6.96. The summed E-state index contributed by atoms with van der Waals surface area (Å²) in [5.41, 5.74) is 4.89. The van der Waals surface area contributed by atoms with Crippen LogP contribution in [0, 0.1) is 0 Å². The summed E-state index contributed by atoms with van der Waals surface area (Å²) < 4.78 is 5.13. The van der Waals surface area contributed by atoms with Crippen LogP contribution in [0.25, 0.3) is 10.9 Å². The number of ether oxygens (including phenoxy) is 1. The maximum atomic E-state index is 12.5. The third-order valence-corrected chi connectivity index (χ3v) is 5.53. The van der Waals surface area contributed by atoms with Crippen molar-refractivity contribution in [2.45, 2.75) is 31.8 Å². The smallest absolute Gasteiger partial charge is 0.323 e. The number of hydrogen-bond donors (Lipinski definition) is 1. The van der Waals surface area contributed by atoms with Gasteiger partial charge in [-0.15, -0.1) is 0 Å². The molecule has 0 aliphatic carbocycles. The van der Waals surface area contributed by atoms with E-state index in [9.17, 15) is 4.79 Å². The van der Waals surface area contributed by atoms with Gasteiger partial charge in [0, 0.05) is 35.6 Å². The molecule has 1 aliphatic heterocycles. The van der Waals surface area contributed by atoms with Crippen molar-refractivity contribution in [1.82, 2.24) is 9.88 Å².